The third kappa shape index (κ3) is 3.43. The van der Waals surface area contributed by atoms with Gasteiger partial charge in [-0.15, -0.1) is 11.3 Å². The molecule has 1 amide bonds. The maximum absolute atomic E-state index is 12.8. The number of imidazole rings is 1. The second kappa shape index (κ2) is 7.62. The molecular weight excluding hydrogens is 390 g/mol. The molecule has 5 rings (SSSR count). The van der Waals surface area contributed by atoms with Crippen molar-refractivity contribution < 1.29 is 9.53 Å². The van der Waals surface area contributed by atoms with Gasteiger partial charge in [0, 0.05) is 30.2 Å². The maximum atomic E-state index is 12.8. The molecule has 2 aliphatic rings. The fraction of sp³-hybridized carbons (Fsp3) is 0.500. The number of aromatic amines is 1. The van der Waals surface area contributed by atoms with Gasteiger partial charge >= 0.3 is 11.8 Å². The van der Waals surface area contributed by atoms with Crippen LogP contribution in [0.4, 0.5) is 4.79 Å². The van der Waals surface area contributed by atoms with E-state index in [1.165, 1.54) is 4.88 Å². The number of carbonyl (C=O) groups is 1. The molecule has 4 heterocycles. The highest BCUT2D eigenvalue weighted by molar-refractivity contribution is 7.09. The Morgan fingerprint density at radius 1 is 1.21 bits per heavy atom. The van der Waals surface area contributed by atoms with Crippen molar-refractivity contribution in [3.8, 4) is 0 Å². The van der Waals surface area contributed by atoms with Gasteiger partial charge in [-0.2, -0.15) is 0 Å². The van der Waals surface area contributed by atoms with Crippen molar-refractivity contribution in [2.75, 3.05) is 13.1 Å². The second-order valence-electron chi connectivity index (χ2n) is 7.67. The maximum Gasteiger partial charge on any atom is 0.410 e. The molecule has 1 N–H and O–H groups in total. The highest BCUT2D eigenvalue weighted by Gasteiger charge is 2.30. The number of amides is 1. The van der Waals surface area contributed by atoms with Crippen molar-refractivity contribution in [3.05, 3.63) is 44.9 Å². The molecule has 29 heavy (non-hydrogen) atoms. The van der Waals surface area contributed by atoms with E-state index in [-0.39, 0.29) is 23.9 Å². The molecule has 3 aromatic rings. The minimum atomic E-state index is -0.276. The molecule has 0 bridgehead atoms. The summed E-state index contributed by atoms with van der Waals surface area (Å²) in [6, 6.07) is 3.78. The number of pyridine rings is 1. The number of rotatable bonds is 2. The number of hydrogen-bond donors (Lipinski definition) is 1. The lowest BCUT2D eigenvalue weighted by Gasteiger charge is -2.32. The molecule has 9 heteroatoms. The highest BCUT2D eigenvalue weighted by Crippen LogP contribution is 2.33. The lowest BCUT2D eigenvalue weighted by molar-refractivity contribution is 0.0479. The number of H-pyrrole nitrogens is 1. The summed E-state index contributed by atoms with van der Waals surface area (Å²) in [6.07, 6.45) is 6.58. The molecule has 1 aliphatic heterocycles. The van der Waals surface area contributed by atoms with Gasteiger partial charge in [-0.05, 0) is 50.7 Å². The van der Waals surface area contributed by atoms with Gasteiger partial charge in [-0.1, -0.05) is 0 Å². The normalized spacial score (nSPS) is 20.4. The summed E-state index contributed by atoms with van der Waals surface area (Å²) >= 11 is 1.65. The van der Waals surface area contributed by atoms with Gasteiger partial charge in [0.25, 0.3) is 0 Å². The fourth-order valence-corrected chi connectivity index (χ4v) is 5.28. The van der Waals surface area contributed by atoms with Crippen LogP contribution in [0, 0.1) is 0 Å². The molecule has 1 saturated heterocycles. The van der Waals surface area contributed by atoms with Gasteiger partial charge in [-0.3, -0.25) is 9.55 Å². The smallest absolute Gasteiger partial charge is 0.410 e. The number of aryl methyl sites for hydroxylation is 1. The molecule has 0 aromatic carbocycles. The van der Waals surface area contributed by atoms with E-state index in [1.54, 1.807) is 27.0 Å². The third-order valence-electron chi connectivity index (χ3n) is 5.92. The molecular formula is C20H23N5O3S. The Hall–Kier alpha value is -2.68. The number of piperidine rings is 1. The summed E-state index contributed by atoms with van der Waals surface area (Å²) in [6.45, 7) is 1.14. The number of aromatic nitrogens is 4. The Balaban J connectivity index is 1.26. The van der Waals surface area contributed by atoms with E-state index in [0.29, 0.717) is 31.6 Å². The summed E-state index contributed by atoms with van der Waals surface area (Å²) in [5.74, 6) is 0. The summed E-state index contributed by atoms with van der Waals surface area (Å²) in [5.41, 5.74) is 4.05. The van der Waals surface area contributed by atoms with Crippen molar-refractivity contribution in [2.24, 2.45) is 0 Å². The van der Waals surface area contributed by atoms with Crippen molar-refractivity contribution in [2.45, 2.75) is 50.7 Å². The average Bonchev–Trinajstić information content (AvgIpc) is 3.28. The Kier molecular flexibility index (Phi) is 4.83. The predicted molar refractivity (Wildman–Crippen MR) is 109 cm³/mol. The van der Waals surface area contributed by atoms with Crippen LogP contribution in [0.2, 0.25) is 0 Å². The summed E-state index contributed by atoms with van der Waals surface area (Å²) < 4.78 is 7.64. The van der Waals surface area contributed by atoms with Gasteiger partial charge in [-0.25, -0.2) is 19.6 Å². The SMILES string of the molecule is O=C(O[C@@H]1CCCCc2scnc21)N1CCC(n2c(=O)[nH]c3ncccc32)CC1. The van der Waals surface area contributed by atoms with Crippen LogP contribution >= 0.6 is 11.3 Å². The molecule has 1 atom stereocenters. The fourth-order valence-electron chi connectivity index (χ4n) is 4.42. The molecule has 8 nitrogen and oxygen atoms in total. The number of nitrogens with zero attached hydrogens (tertiary/aromatic N) is 4. The lowest BCUT2D eigenvalue weighted by Crippen LogP contribution is -2.41. The standard InChI is InChI=1S/C20H23N5O3S/c26-19-23-18-14(4-3-9-21-18)25(19)13-7-10-24(11-8-13)20(27)28-15-5-1-2-6-16-17(15)22-12-29-16/h3-4,9,12-13,15H,1-2,5-8,10-11H2,(H,21,23,26)/t15-/m1/s1. The Morgan fingerprint density at radius 2 is 2.07 bits per heavy atom. The van der Waals surface area contributed by atoms with E-state index in [9.17, 15) is 9.59 Å². The number of carbonyl (C=O) groups excluding carboxylic acids is 1. The van der Waals surface area contributed by atoms with Crippen LogP contribution < -0.4 is 5.69 Å². The number of hydrogen-bond acceptors (Lipinski definition) is 6. The van der Waals surface area contributed by atoms with Crippen LogP contribution in [0.5, 0.6) is 0 Å². The summed E-state index contributed by atoms with van der Waals surface area (Å²) in [4.78, 5) is 39.7. The van der Waals surface area contributed by atoms with Crippen molar-refractivity contribution >= 4 is 28.6 Å². The van der Waals surface area contributed by atoms with Crippen molar-refractivity contribution in [3.63, 3.8) is 0 Å². The lowest BCUT2D eigenvalue weighted by atomic mass is 10.1. The molecule has 0 unspecified atom stereocenters. The van der Waals surface area contributed by atoms with E-state index in [1.807, 2.05) is 17.6 Å². The van der Waals surface area contributed by atoms with Crippen LogP contribution in [0.25, 0.3) is 11.2 Å². The largest absolute Gasteiger partial charge is 0.440 e. The Morgan fingerprint density at radius 3 is 2.93 bits per heavy atom. The molecule has 0 saturated carbocycles. The zero-order valence-electron chi connectivity index (χ0n) is 16.0. The van der Waals surface area contributed by atoms with Crippen LogP contribution in [0.1, 0.15) is 54.8 Å². The average molecular weight is 414 g/mol. The zero-order valence-corrected chi connectivity index (χ0v) is 16.9. The van der Waals surface area contributed by atoms with Gasteiger partial charge in [0.15, 0.2) is 5.65 Å². The van der Waals surface area contributed by atoms with Gasteiger partial charge in [0.1, 0.15) is 6.10 Å². The van der Waals surface area contributed by atoms with E-state index >= 15 is 0 Å². The van der Waals surface area contributed by atoms with E-state index in [4.69, 9.17) is 4.74 Å². The van der Waals surface area contributed by atoms with Gasteiger partial charge in [0.05, 0.1) is 16.7 Å². The Bertz CT molecular complexity index is 1080. The first-order valence-electron chi connectivity index (χ1n) is 10.1. The monoisotopic (exact) mass is 413 g/mol. The van der Waals surface area contributed by atoms with E-state index in [2.05, 4.69) is 15.0 Å². The number of thiazole rings is 1. The minimum Gasteiger partial charge on any atom is -0.440 e. The number of ether oxygens (including phenoxy) is 1. The van der Waals surface area contributed by atoms with Crippen molar-refractivity contribution in [1.29, 1.82) is 0 Å². The van der Waals surface area contributed by atoms with E-state index in [0.717, 1.165) is 36.9 Å². The third-order valence-corrected chi connectivity index (χ3v) is 6.83. The quantitative estimate of drug-likeness (QED) is 0.650. The Labute approximate surface area is 171 Å². The first-order valence-corrected chi connectivity index (χ1v) is 11.0. The molecule has 3 aromatic heterocycles. The first-order chi connectivity index (χ1) is 14.2. The van der Waals surface area contributed by atoms with Crippen LogP contribution in [0.3, 0.4) is 0 Å². The zero-order chi connectivity index (χ0) is 19.8. The van der Waals surface area contributed by atoms with Crippen molar-refractivity contribution in [1.82, 2.24) is 24.4 Å². The predicted octanol–water partition coefficient (Wildman–Crippen LogP) is 3.42. The summed E-state index contributed by atoms with van der Waals surface area (Å²) in [5, 5.41) is 0. The van der Waals surface area contributed by atoms with Crippen LogP contribution in [-0.4, -0.2) is 43.6 Å². The highest BCUT2D eigenvalue weighted by atomic mass is 32.1. The topological polar surface area (TPSA) is 93.1 Å². The number of nitrogens with one attached hydrogen (secondary N) is 1. The van der Waals surface area contributed by atoms with Gasteiger partial charge < -0.3 is 9.64 Å². The second-order valence-corrected chi connectivity index (χ2v) is 8.61. The minimum absolute atomic E-state index is 0.0486. The molecule has 0 spiro atoms. The first kappa shape index (κ1) is 18.4. The van der Waals surface area contributed by atoms with Crippen LogP contribution in [-0.2, 0) is 11.2 Å². The van der Waals surface area contributed by atoms with E-state index < -0.39 is 0 Å². The molecule has 152 valence electrons. The summed E-state index contributed by atoms with van der Waals surface area (Å²) in [7, 11) is 0. The molecule has 1 aliphatic carbocycles. The number of likely N-dealkylation sites (tertiary alicyclic amines) is 1. The number of fused-ring (bicyclic) bond motifs is 2. The molecule has 1 fully saturated rings. The van der Waals surface area contributed by atoms with Crippen LogP contribution in [0.15, 0.2) is 28.6 Å². The van der Waals surface area contributed by atoms with Gasteiger partial charge in [0.2, 0.25) is 0 Å². The molecule has 0 radical (unpaired) electrons.